The maximum atomic E-state index is 11.2. The van der Waals surface area contributed by atoms with Crippen LogP contribution in [0.3, 0.4) is 0 Å². The molecule has 0 atom stereocenters. The molecule has 150 valence electrons. The lowest BCUT2D eigenvalue weighted by atomic mass is 10.1. The molecule has 0 aliphatic heterocycles. The molecule has 5 rings (SSSR count). The minimum atomic E-state index is -0.986. The Bertz CT molecular complexity index is 1410. The van der Waals surface area contributed by atoms with E-state index in [1.165, 1.54) is 12.1 Å². The molecule has 31 heavy (non-hydrogen) atoms. The first-order valence-electron chi connectivity index (χ1n) is 9.36. The van der Waals surface area contributed by atoms with Crippen molar-refractivity contribution in [2.24, 2.45) is 0 Å². The van der Waals surface area contributed by atoms with Crippen molar-refractivity contribution in [3.8, 4) is 28.5 Å². The number of halogens is 1. The summed E-state index contributed by atoms with van der Waals surface area (Å²) in [5.41, 5.74) is 4.02. The van der Waals surface area contributed by atoms with Gasteiger partial charge in [-0.3, -0.25) is 9.97 Å². The van der Waals surface area contributed by atoms with E-state index >= 15 is 0 Å². The van der Waals surface area contributed by atoms with Crippen molar-refractivity contribution < 1.29 is 9.90 Å². The van der Waals surface area contributed by atoms with Crippen molar-refractivity contribution >= 4 is 28.6 Å². The summed E-state index contributed by atoms with van der Waals surface area (Å²) in [5, 5.41) is 14.5. The molecule has 0 amide bonds. The molecule has 0 spiro atoms. The van der Waals surface area contributed by atoms with Gasteiger partial charge in [-0.25, -0.2) is 14.5 Å². The van der Waals surface area contributed by atoms with Crippen LogP contribution in [0.2, 0.25) is 5.02 Å². The van der Waals surface area contributed by atoms with Crippen LogP contribution in [0.5, 0.6) is 0 Å². The van der Waals surface area contributed by atoms with Crippen LogP contribution in [0, 0.1) is 0 Å². The van der Waals surface area contributed by atoms with Crippen molar-refractivity contribution in [2.75, 3.05) is 0 Å². The third-order valence-corrected chi connectivity index (χ3v) is 5.05. The van der Waals surface area contributed by atoms with Crippen LogP contribution in [0.25, 0.3) is 39.5 Å². The van der Waals surface area contributed by atoms with Crippen LogP contribution in [0.1, 0.15) is 10.4 Å². The summed E-state index contributed by atoms with van der Waals surface area (Å²) >= 11 is 6.02. The SMILES string of the molecule is O=C(O)c1ccc(-n2nc(-c3ccc(Cl)cc3)nc2-c2ccc3nccnc3c2)cc1. The van der Waals surface area contributed by atoms with Gasteiger partial charge >= 0.3 is 5.97 Å². The quantitative estimate of drug-likeness (QED) is 0.438. The molecule has 2 heterocycles. The summed E-state index contributed by atoms with van der Waals surface area (Å²) in [6.45, 7) is 0. The fraction of sp³-hybridized carbons (Fsp3) is 0. The molecule has 2 aromatic heterocycles. The molecule has 3 aromatic carbocycles. The van der Waals surface area contributed by atoms with Gasteiger partial charge in [0.15, 0.2) is 11.6 Å². The predicted octanol–water partition coefficient (Wildman–Crippen LogP) is 4.90. The van der Waals surface area contributed by atoms with Crippen LogP contribution in [-0.2, 0) is 0 Å². The van der Waals surface area contributed by atoms with Gasteiger partial charge < -0.3 is 5.11 Å². The Morgan fingerprint density at radius 1 is 0.839 bits per heavy atom. The Balaban J connectivity index is 1.68. The molecule has 0 bridgehead atoms. The van der Waals surface area contributed by atoms with Crippen molar-refractivity contribution in [3.63, 3.8) is 0 Å². The van der Waals surface area contributed by atoms with Crippen LogP contribution >= 0.6 is 11.6 Å². The van der Waals surface area contributed by atoms with E-state index in [1.54, 1.807) is 41.3 Å². The second kappa shape index (κ2) is 7.62. The highest BCUT2D eigenvalue weighted by atomic mass is 35.5. The monoisotopic (exact) mass is 427 g/mol. The van der Waals surface area contributed by atoms with Crippen molar-refractivity contribution in [2.45, 2.75) is 0 Å². The summed E-state index contributed by atoms with van der Waals surface area (Å²) in [7, 11) is 0. The Kier molecular flexibility index (Phi) is 4.65. The van der Waals surface area contributed by atoms with Crippen LogP contribution in [-0.4, -0.2) is 35.8 Å². The zero-order chi connectivity index (χ0) is 21.4. The number of benzene rings is 3. The highest BCUT2D eigenvalue weighted by Crippen LogP contribution is 2.27. The Morgan fingerprint density at radius 2 is 1.52 bits per heavy atom. The van der Waals surface area contributed by atoms with E-state index in [1.807, 2.05) is 30.3 Å². The molecule has 8 heteroatoms. The fourth-order valence-corrected chi connectivity index (χ4v) is 3.37. The lowest BCUT2D eigenvalue weighted by molar-refractivity contribution is 0.0697. The number of aromatic carboxylic acids is 1. The van der Waals surface area contributed by atoms with E-state index in [-0.39, 0.29) is 5.56 Å². The largest absolute Gasteiger partial charge is 0.478 e. The number of aromatic nitrogens is 5. The van der Waals surface area contributed by atoms with Gasteiger partial charge in [-0.15, -0.1) is 5.10 Å². The molecular formula is C23H14ClN5O2. The third-order valence-electron chi connectivity index (χ3n) is 4.80. The Morgan fingerprint density at radius 3 is 2.23 bits per heavy atom. The summed E-state index contributed by atoms with van der Waals surface area (Å²) in [6, 6.07) is 19.4. The lowest BCUT2D eigenvalue weighted by Gasteiger charge is -2.07. The predicted molar refractivity (Wildman–Crippen MR) is 117 cm³/mol. The highest BCUT2D eigenvalue weighted by Gasteiger charge is 2.16. The molecule has 0 aliphatic rings. The second-order valence-corrected chi connectivity index (χ2v) is 7.23. The van der Waals surface area contributed by atoms with E-state index in [2.05, 4.69) is 9.97 Å². The van der Waals surface area contributed by atoms with E-state index < -0.39 is 5.97 Å². The molecule has 0 unspecified atom stereocenters. The standard InChI is InChI=1S/C23H14ClN5O2/c24-17-6-1-14(2-7-17)21-27-22(16-5-10-19-20(13-16)26-12-11-25-19)29(28-21)18-8-3-15(4-9-18)23(30)31/h1-13H,(H,30,31). The number of carbonyl (C=O) groups is 1. The maximum Gasteiger partial charge on any atom is 0.335 e. The number of carboxylic acid groups (broad SMARTS) is 1. The minimum Gasteiger partial charge on any atom is -0.478 e. The summed E-state index contributed by atoms with van der Waals surface area (Å²) in [5.74, 6) is 0.133. The van der Waals surface area contributed by atoms with Gasteiger partial charge in [0.1, 0.15) is 0 Å². The van der Waals surface area contributed by atoms with E-state index in [0.717, 1.165) is 22.2 Å². The number of carboxylic acids is 1. The lowest BCUT2D eigenvalue weighted by Crippen LogP contribution is -2.02. The van der Waals surface area contributed by atoms with E-state index in [9.17, 15) is 9.90 Å². The minimum absolute atomic E-state index is 0.198. The van der Waals surface area contributed by atoms with Crippen molar-refractivity contribution in [3.05, 3.63) is 89.7 Å². The van der Waals surface area contributed by atoms with Gasteiger partial charge in [0.05, 0.1) is 22.3 Å². The van der Waals surface area contributed by atoms with Crippen LogP contribution in [0.15, 0.2) is 79.1 Å². The Hall–Kier alpha value is -4.10. The first-order chi connectivity index (χ1) is 15.1. The van der Waals surface area contributed by atoms with Crippen LogP contribution < -0.4 is 0 Å². The molecule has 0 aliphatic carbocycles. The fourth-order valence-electron chi connectivity index (χ4n) is 3.25. The number of nitrogens with zero attached hydrogens (tertiary/aromatic N) is 5. The van der Waals surface area contributed by atoms with Crippen LogP contribution in [0.4, 0.5) is 0 Å². The average Bonchev–Trinajstić information content (AvgIpc) is 3.25. The average molecular weight is 428 g/mol. The van der Waals surface area contributed by atoms with Crippen molar-refractivity contribution in [1.82, 2.24) is 24.7 Å². The molecule has 0 fully saturated rings. The first kappa shape index (κ1) is 18.9. The zero-order valence-corrected chi connectivity index (χ0v) is 16.7. The number of rotatable bonds is 4. The molecular weight excluding hydrogens is 414 g/mol. The van der Waals surface area contributed by atoms with Gasteiger partial charge in [0.25, 0.3) is 0 Å². The van der Waals surface area contributed by atoms with Gasteiger partial charge in [0, 0.05) is 28.5 Å². The molecule has 7 nitrogen and oxygen atoms in total. The first-order valence-corrected chi connectivity index (χ1v) is 9.74. The number of hydrogen-bond donors (Lipinski definition) is 1. The second-order valence-electron chi connectivity index (χ2n) is 6.79. The van der Waals surface area contributed by atoms with Gasteiger partial charge in [-0.05, 0) is 66.7 Å². The summed E-state index contributed by atoms with van der Waals surface area (Å²) in [6.07, 6.45) is 3.29. The van der Waals surface area contributed by atoms with Gasteiger partial charge in [-0.1, -0.05) is 11.6 Å². The number of hydrogen-bond acceptors (Lipinski definition) is 5. The Labute approximate surface area is 181 Å². The molecule has 5 aromatic rings. The maximum absolute atomic E-state index is 11.2. The smallest absolute Gasteiger partial charge is 0.335 e. The third kappa shape index (κ3) is 3.62. The topological polar surface area (TPSA) is 93.8 Å². The number of fused-ring (bicyclic) bond motifs is 1. The highest BCUT2D eigenvalue weighted by molar-refractivity contribution is 6.30. The zero-order valence-electron chi connectivity index (χ0n) is 16.0. The van der Waals surface area contributed by atoms with E-state index in [0.29, 0.717) is 22.4 Å². The molecule has 0 saturated carbocycles. The van der Waals surface area contributed by atoms with Gasteiger partial charge in [0.2, 0.25) is 0 Å². The van der Waals surface area contributed by atoms with Crippen molar-refractivity contribution in [1.29, 1.82) is 0 Å². The summed E-state index contributed by atoms with van der Waals surface area (Å²) in [4.78, 5) is 24.7. The molecule has 0 radical (unpaired) electrons. The van der Waals surface area contributed by atoms with Gasteiger partial charge in [-0.2, -0.15) is 0 Å². The molecule has 0 saturated heterocycles. The summed E-state index contributed by atoms with van der Waals surface area (Å²) < 4.78 is 1.69. The van der Waals surface area contributed by atoms with E-state index in [4.69, 9.17) is 21.7 Å². The molecule has 1 N–H and O–H groups in total. The normalized spacial score (nSPS) is 11.0.